The molecule has 0 bridgehead atoms. The van der Waals surface area contributed by atoms with Gasteiger partial charge in [-0.05, 0) is 30.7 Å². The first-order valence-corrected chi connectivity index (χ1v) is 9.18. The topological polar surface area (TPSA) is 100 Å². The number of amides is 1. The van der Waals surface area contributed by atoms with Crippen molar-refractivity contribution in [2.24, 2.45) is 0 Å². The number of ether oxygens (including phenoxy) is 2. The summed E-state index contributed by atoms with van der Waals surface area (Å²) in [6, 6.07) is 15.5. The van der Waals surface area contributed by atoms with Gasteiger partial charge in [0, 0.05) is 6.20 Å². The highest BCUT2D eigenvalue weighted by atomic mass is 16.5. The summed E-state index contributed by atoms with van der Waals surface area (Å²) in [5.74, 6) is -0.592. The van der Waals surface area contributed by atoms with Crippen molar-refractivity contribution >= 4 is 23.3 Å². The summed E-state index contributed by atoms with van der Waals surface area (Å²) in [5.41, 5.74) is 1.04. The molecule has 29 heavy (non-hydrogen) atoms. The number of carbonyl (C=O) groups excluding carboxylic acids is 2. The lowest BCUT2D eigenvalue weighted by Crippen LogP contribution is -2.15. The van der Waals surface area contributed by atoms with Crippen LogP contribution in [0.3, 0.4) is 0 Å². The number of hydrogen-bond acceptors (Lipinski definition) is 6. The summed E-state index contributed by atoms with van der Waals surface area (Å²) in [5, 5.41) is 14.8. The zero-order valence-electron chi connectivity index (χ0n) is 16.4. The summed E-state index contributed by atoms with van der Waals surface area (Å²) < 4.78 is 10.4. The van der Waals surface area contributed by atoms with Gasteiger partial charge in [-0.3, -0.25) is 4.79 Å². The number of rotatable bonds is 9. The van der Waals surface area contributed by atoms with Gasteiger partial charge in [0.2, 0.25) is 0 Å². The molecule has 2 aromatic rings. The van der Waals surface area contributed by atoms with Gasteiger partial charge in [0.15, 0.2) is 0 Å². The molecule has 0 saturated carbocycles. The summed E-state index contributed by atoms with van der Waals surface area (Å²) >= 11 is 0. The Hall–Kier alpha value is -3.79. The van der Waals surface area contributed by atoms with E-state index in [0.717, 1.165) is 12.8 Å². The lowest BCUT2D eigenvalue weighted by molar-refractivity contribution is -0.112. The quantitative estimate of drug-likeness (QED) is 0.288. The Morgan fingerprint density at radius 1 is 1.10 bits per heavy atom. The molecule has 150 valence electrons. The zero-order chi connectivity index (χ0) is 21.1. The number of carbonyl (C=O) groups is 2. The molecule has 0 aliphatic heterocycles. The van der Waals surface area contributed by atoms with Gasteiger partial charge in [0.1, 0.15) is 17.4 Å². The van der Waals surface area contributed by atoms with Gasteiger partial charge in [0.05, 0.1) is 30.7 Å². The van der Waals surface area contributed by atoms with Crippen LogP contribution >= 0.6 is 0 Å². The number of hydrogen-bond donors (Lipinski definition) is 2. The van der Waals surface area contributed by atoms with E-state index in [1.54, 1.807) is 48.5 Å². The highest BCUT2D eigenvalue weighted by molar-refractivity contribution is 6.07. The van der Waals surface area contributed by atoms with E-state index >= 15 is 0 Å². The largest absolute Gasteiger partial charge is 0.495 e. The highest BCUT2D eigenvalue weighted by Gasteiger charge is 2.14. The van der Waals surface area contributed by atoms with Gasteiger partial charge in [-0.2, -0.15) is 5.26 Å². The fourth-order valence-electron chi connectivity index (χ4n) is 2.41. The fraction of sp³-hybridized carbons (Fsp3) is 0.227. The highest BCUT2D eigenvalue weighted by Crippen LogP contribution is 2.23. The smallest absolute Gasteiger partial charge is 0.340 e. The Morgan fingerprint density at radius 3 is 2.48 bits per heavy atom. The van der Waals surface area contributed by atoms with Crippen molar-refractivity contribution in [1.29, 1.82) is 5.26 Å². The molecule has 2 aromatic carbocycles. The lowest BCUT2D eigenvalue weighted by atomic mass is 10.1. The average Bonchev–Trinajstić information content (AvgIpc) is 2.75. The number of nitriles is 1. The number of nitrogens with zero attached hydrogens (tertiary/aromatic N) is 1. The van der Waals surface area contributed by atoms with Crippen LogP contribution in [-0.4, -0.2) is 25.6 Å². The first kappa shape index (κ1) is 21.5. The Kier molecular flexibility index (Phi) is 8.27. The number of nitrogens with one attached hydrogen (secondary N) is 2. The summed E-state index contributed by atoms with van der Waals surface area (Å²) in [7, 11) is 1.49. The van der Waals surface area contributed by atoms with E-state index in [0.29, 0.717) is 29.3 Å². The van der Waals surface area contributed by atoms with Crippen LogP contribution in [-0.2, 0) is 9.53 Å². The van der Waals surface area contributed by atoms with Crippen molar-refractivity contribution in [1.82, 2.24) is 0 Å². The minimum Gasteiger partial charge on any atom is -0.495 e. The number of esters is 1. The van der Waals surface area contributed by atoms with Crippen LogP contribution in [0.4, 0.5) is 11.4 Å². The minimum atomic E-state index is -0.604. The molecule has 0 heterocycles. The molecule has 0 radical (unpaired) electrons. The van der Waals surface area contributed by atoms with Crippen molar-refractivity contribution in [2.75, 3.05) is 24.4 Å². The van der Waals surface area contributed by atoms with E-state index < -0.39 is 11.9 Å². The Morgan fingerprint density at radius 2 is 1.79 bits per heavy atom. The molecule has 0 fully saturated rings. The molecular weight excluding hydrogens is 370 g/mol. The molecule has 0 saturated heterocycles. The van der Waals surface area contributed by atoms with E-state index in [1.807, 2.05) is 13.0 Å². The summed E-state index contributed by atoms with van der Waals surface area (Å²) in [4.78, 5) is 24.7. The summed E-state index contributed by atoms with van der Waals surface area (Å²) in [6.07, 6.45) is 2.95. The van der Waals surface area contributed by atoms with Gasteiger partial charge in [0.25, 0.3) is 5.91 Å². The Balaban J connectivity index is 2.14. The lowest BCUT2D eigenvalue weighted by Gasteiger charge is -2.11. The van der Waals surface area contributed by atoms with Crippen molar-refractivity contribution in [3.05, 3.63) is 65.9 Å². The molecule has 0 unspecified atom stereocenters. The molecule has 7 nitrogen and oxygen atoms in total. The second-order valence-corrected chi connectivity index (χ2v) is 6.00. The first-order valence-electron chi connectivity index (χ1n) is 9.18. The molecule has 0 aliphatic rings. The van der Waals surface area contributed by atoms with E-state index in [2.05, 4.69) is 10.6 Å². The number of anilines is 2. The average molecular weight is 393 g/mol. The predicted molar refractivity (Wildman–Crippen MR) is 111 cm³/mol. The van der Waals surface area contributed by atoms with E-state index in [-0.39, 0.29) is 5.57 Å². The number of unbranched alkanes of at least 4 members (excludes halogenated alkanes) is 1. The third-order valence-electron chi connectivity index (χ3n) is 3.97. The van der Waals surface area contributed by atoms with E-state index in [4.69, 9.17) is 9.47 Å². The van der Waals surface area contributed by atoms with Gasteiger partial charge in [-0.15, -0.1) is 0 Å². The molecule has 0 atom stereocenters. The van der Waals surface area contributed by atoms with Crippen molar-refractivity contribution in [3.8, 4) is 11.8 Å². The van der Waals surface area contributed by atoms with Crippen LogP contribution in [0.15, 0.2) is 60.3 Å². The van der Waals surface area contributed by atoms with Crippen LogP contribution in [0.5, 0.6) is 5.75 Å². The second-order valence-electron chi connectivity index (χ2n) is 6.00. The summed E-state index contributed by atoms with van der Waals surface area (Å²) in [6.45, 7) is 2.35. The molecule has 2 N–H and O–H groups in total. The third kappa shape index (κ3) is 6.11. The maximum Gasteiger partial charge on any atom is 0.340 e. The van der Waals surface area contributed by atoms with Crippen LogP contribution in [0.2, 0.25) is 0 Å². The number of benzene rings is 2. The van der Waals surface area contributed by atoms with E-state index in [1.165, 1.54) is 13.3 Å². The van der Waals surface area contributed by atoms with Crippen LogP contribution in [0.1, 0.15) is 30.1 Å². The minimum absolute atomic E-state index is 0.162. The molecule has 7 heteroatoms. The predicted octanol–water partition coefficient (Wildman–Crippen LogP) is 4.11. The van der Waals surface area contributed by atoms with Crippen molar-refractivity contribution in [2.45, 2.75) is 19.8 Å². The monoisotopic (exact) mass is 393 g/mol. The van der Waals surface area contributed by atoms with Crippen LogP contribution < -0.4 is 15.4 Å². The SMILES string of the molecule is CCCCOC(=O)c1ccccc1N/C=C(/C#N)C(=O)Nc1ccccc1OC. The van der Waals surface area contributed by atoms with Crippen molar-refractivity contribution < 1.29 is 19.1 Å². The maximum atomic E-state index is 12.4. The molecular formula is C22H23N3O4. The van der Waals surface area contributed by atoms with Gasteiger partial charge >= 0.3 is 5.97 Å². The Labute approximate surface area is 169 Å². The first-order chi connectivity index (χ1) is 14.1. The Bertz CT molecular complexity index is 932. The number of para-hydroxylation sites is 3. The number of methoxy groups -OCH3 is 1. The van der Waals surface area contributed by atoms with Gasteiger partial charge in [-0.25, -0.2) is 4.79 Å². The van der Waals surface area contributed by atoms with Crippen LogP contribution in [0.25, 0.3) is 0 Å². The molecule has 0 spiro atoms. The van der Waals surface area contributed by atoms with E-state index in [9.17, 15) is 14.9 Å². The van der Waals surface area contributed by atoms with Gasteiger partial charge in [-0.1, -0.05) is 37.6 Å². The maximum absolute atomic E-state index is 12.4. The molecule has 0 aliphatic carbocycles. The standard InChI is InChI=1S/C22H23N3O4/c1-3-4-13-29-22(27)17-9-5-6-10-18(17)24-15-16(14-23)21(26)25-19-11-7-8-12-20(19)28-2/h5-12,15,24H,3-4,13H2,1-2H3,(H,25,26)/b16-15-. The zero-order valence-corrected chi connectivity index (χ0v) is 16.4. The fourth-order valence-corrected chi connectivity index (χ4v) is 2.41. The normalized spacial score (nSPS) is 10.6. The van der Waals surface area contributed by atoms with Gasteiger partial charge < -0.3 is 20.1 Å². The molecule has 0 aromatic heterocycles. The third-order valence-corrected chi connectivity index (χ3v) is 3.97. The van der Waals surface area contributed by atoms with Crippen LogP contribution in [0, 0.1) is 11.3 Å². The molecule has 1 amide bonds. The second kappa shape index (κ2) is 11.1. The molecule has 2 rings (SSSR count). The van der Waals surface area contributed by atoms with Crippen molar-refractivity contribution in [3.63, 3.8) is 0 Å².